The SMILES string of the molecule is O=C(O)CCC(S)C(=O)OC(=O)C(S)CCC(=O)O. The number of carboxylic acid groups (broad SMARTS) is 2. The van der Waals surface area contributed by atoms with Crippen LogP contribution in [0.3, 0.4) is 0 Å². The Bertz CT molecular complexity index is 335. The van der Waals surface area contributed by atoms with Crippen molar-refractivity contribution in [3.8, 4) is 0 Å². The summed E-state index contributed by atoms with van der Waals surface area (Å²) in [7, 11) is 0. The second-order valence-electron chi connectivity index (χ2n) is 3.64. The maximum Gasteiger partial charge on any atom is 0.326 e. The third kappa shape index (κ3) is 8.49. The van der Waals surface area contributed by atoms with Gasteiger partial charge in [0.25, 0.3) is 0 Å². The first-order valence-corrected chi connectivity index (χ1v) is 6.32. The maximum absolute atomic E-state index is 11.3. The molecule has 0 amide bonds. The van der Waals surface area contributed by atoms with Crippen molar-refractivity contribution in [1.29, 1.82) is 0 Å². The van der Waals surface area contributed by atoms with Crippen LogP contribution in [-0.2, 0) is 23.9 Å². The molecule has 0 saturated carbocycles. The Morgan fingerprint density at radius 1 is 0.842 bits per heavy atom. The van der Waals surface area contributed by atoms with E-state index in [0.29, 0.717) is 0 Å². The van der Waals surface area contributed by atoms with Gasteiger partial charge in [0.15, 0.2) is 0 Å². The number of carbonyl (C=O) groups is 4. The quantitative estimate of drug-likeness (QED) is 0.291. The molecule has 0 aliphatic rings. The first-order valence-electron chi connectivity index (χ1n) is 5.29. The molecule has 108 valence electrons. The molecule has 0 aromatic carbocycles. The monoisotopic (exact) mass is 310 g/mol. The summed E-state index contributed by atoms with van der Waals surface area (Å²) in [6.45, 7) is 0. The van der Waals surface area contributed by atoms with Crippen LogP contribution in [0, 0.1) is 0 Å². The minimum atomic E-state index is -1.09. The fraction of sp³-hybridized carbons (Fsp3) is 0.600. The van der Waals surface area contributed by atoms with E-state index in [2.05, 4.69) is 30.0 Å². The lowest BCUT2D eigenvalue weighted by molar-refractivity contribution is -0.158. The van der Waals surface area contributed by atoms with E-state index in [9.17, 15) is 19.2 Å². The first-order chi connectivity index (χ1) is 8.73. The fourth-order valence-electron chi connectivity index (χ4n) is 0.991. The molecule has 2 unspecified atom stereocenters. The van der Waals surface area contributed by atoms with E-state index in [4.69, 9.17) is 10.2 Å². The van der Waals surface area contributed by atoms with Gasteiger partial charge in [-0.05, 0) is 12.8 Å². The molecule has 19 heavy (non-hydrogen) atoms. The minimum absolute atomic E-state index is 0.0725. The number of aliphatic carboxylic acids is 2. The van der Waals surface area contributed by atoms with Gasteiger partial charge in [0.05, 0.1) is 0 Å². The average Bonchev–Trinajstić information content (AvgIpc) is 2.32. The van der Waals surface area contributed by atoms with E-state index in [1.54, 1.807) is 0 Å². The summed E-state index contributed by atoms with van der Waals surface area (Å²) < 4.78 is 4.42. The number of esters is 2. The number of rotatable bonds is 8. The highest BCUT2D eigenvalue weighted by molar-refractivity contribution is 7.82. The molecule has 0 aliphatic carbocycles. The Labute approximate surface area is 120 Å². The Kier molecular flexibility index (Phi) is 8.24. The molecular formula is C10H14O7S2. The van der Waals surface area contributed by atoms with Crippen LogP contribution in [0.25, 0.3) is 0 Å². The Hall–Kier alpha value is -1.22. The van der Waals surface area contributed by atoms with E-state index in [1.807, 2.05) is 0 Å². The largest absolute Gasteiger partial charge is 0.481 e. The average molecular weight is 310 g/mol. The van der Waals surface area contributed by atoms with Crippen molar-refractivity contribution in [2.45, 2.75) is 36.2 Å². The minimum Gasteiger partial charge on any atom is -0.481 e. The molecule has 7 nitrogen and oxygen atoms in total. The van der Waals surface area contributed by atoms with Crippen LogP contribution in [0.15, 0.2) is 0 Å². The van der Waals surface area contributed by atoms with E-state index >= 15 is 0 Å². The van der Waals surface area contributed by atoms with Crippen molar-refractivity contribution in [3.05, 3.63) is 0 Å². The molecule has 0 spiro atoms. The Morgan fingerprint density at radius 3 is 1.42 bits per heavy atom. The van der Waals surface area contributed by atoms with E-state index in [0.717, 1.165) is 0 Å². The van der Waals surface area contributed by atoms with E-state index < -0.39 is 34.4 Å². The molecule has 0 heterocycles. The van der Waals surface area contributed by atoms with Crippen molar-refractivity contribution < 1.29 is 34.1 Å². The Balaban J connectivity index is 4.12. The lowest BCUT2D eigenvalue weighted by Gasteiger charge is -2.11. The number of carbonyl (C=O) groups excluding carboxylic acids is 2. The van der Waals surface area contributed by atoms with Crippen LogP contribution >= 0.6 is 25.3 Å². The number of carboxylic acids is 2. The zero-order chi connectivity index (χ0) is 15.0. The molecule has 0 fully saturated rings. The predicted molar refractivity (Wildman–Crippen MR) is 70.4 cm³/mol. The maximum atomic E-state index is 11.3. The molecule has 0 aromatic heterocycles. The third-order valence-corrected chi connectivity index (χ3v) is 2.95. The van der Waals surface area contributed by atoms with Gasteiger partial charge in [-0.3, -0.25) is 19.2 Å². The molecule has 9 heteroatoms. The summed E-state index contributed by atoms with van der Waals surface area (Å²) in [4.78, 5) is 43.3. The van der Waals surface area contributed by atoms with Gasteiger partial charge < -0.3 is 14.9 Å². The molecule has 2 N–H and O–H groups in total. The first kappa shape index (κ1) is 17.8. The van der Waals surface area contributed by atoms with Crippen LogP contribution in [0.1, 0.15) is 25.7 Å². The van der Waals surface area contributed by atoms with Gasteiger partial charge >= 0.3 is 23.9 Å². The second kappa shape index (κ2) is 8.81. The molecule has 0 radical (unpaired) electrons. The lowest BCUT2D eigenvalue weighted by Crippen LogP contribution is -2.27. The molecular weight excluding hydrogens is 296 g/mol. The molecule has 0 bridgehead atoms. The topological polar surface area (TPSA) is 118 Å². The van der Waals surface area contributed by atoms with Gasteiger partial charge in [-0.2, -0.15) is 25.3 Å². The van der Waals surface area contributed by atoms with Crippen LogP contribution in [0.2, 0.25) is 0 Å². The number of hydrogen-bond acceptors (Lipinski definition) is 7. The summed E-state index contributed by atoms with van der Waals surface area (Å²) in [6, 6.07) is 0. The van der Waals surface area contributed by atoms with Gasteiger partial charge in [0.1, 0.15) is 10.5 Å². The summed E-state index contributed by atoms with van der Waals surface area (Å²) in [6.07, 6.45) is -0.699. The standard InChI is InChI=1S/C10H14O7S2/c11-7(12)3-1-5(18)9(15)17-10(16)6(19)2-4-8(13)14/h5-6,18-19H,1-4H2,(H,11,12)(H,13,14). The normalized spacial score (nSPS) is 13.4. The molecule has 0 aliphatic heterocycles. The fourth-order valence-corrected chi connectivity index (χ4v) is 1.35. The third-order valence-electron chi connectivity index (χ3n) is 2.01. The molecule has 0 saturated heterocycles. The lowest BCUT2D eigenvalue weighted by atomic mass is 10.2. The Morgan fingerprint density at radius 2 is 1.16 bits per heavy atom. The van der Waals surface area contributed by atoms with Crippen molar-refractivity contribution >= 4 is 49.1 Å². The highest BCUT2D eigenvalue weighted by atomic mass is 32.1. The number of thiol groups is 2. The van der Waals surface area contributed by atoms with Gasteiger partial charge in [0, 0.05) is 12.8 Å². The van der Waals surface area contributed by atoms with Crippen molar-refractivity contribution in [3.63, 3.8) is 0 Å². The summed E-state index contributed by atoms with van der Waals surface area (Å²) in [5, 5.41) is 14.8. The summed E-state index contributed by atoms with van der Waals surface area (Å²) >= 11 is 7.64. The van der Waals surface area contributed by atoms with Gasteiger partial charge in [0.2, 0.25) is 0 Å². The highest BCUT2D eigenvalue weighted by Crippen LogP contribution is 2.11. The van der Waals surface area contributed by atoms with Crippen molar-refractivity contribution in [2.24, 2.45) is 0 Å². The van der Waals surface area contributed by atoms with Crippen LogP contribution in [0.4, 0.5) is 0 Å². The molecule has 0 aromatic rings. The van der Waals surface area contributed by atoms with Gasteiger partial charge in [-0.15, -0.1) is 0 Å². The highest BCUT2D eigenvalue weighted by Gasteiger charge is 2.24. The zero-order valence-corrected chi connectivity index (χ0v) is 11.6. The van der Waals surface area contributed by atoms with Crippen LogP contribution in [0.5, 0.6) is 0 Å². The molecule has 0 rings (SSSR count). The van der Waals surface area contributed by atoms with Crippen molar-refractivity contribution in [2.75, 3.05) is 0 Å². The second-order valence-corrected chi connectivity index (χ2v) is 4.88. The van der Waals surface area contributed by atoms with Gasteiger partial charge in [-0.25, -0.2) is 0 Å². The smallest absolute Gasteiger partial charge is 0.326 e. The number of hydrogen-bond donors (Lipinski definition) is 4. The number of ether oxygens (including phenoxy) is 1. The van der Waals surface area contributed by atoms with E-state index in [1.165, 1.54) is 0 Å². The predicted octanol–water partition coefficient (Wildman–Crippen LogP) is 0.383. The summed E-state index contributed by atoms with van der Waals surface area (Å²) in [5.41, 5.74) is 0. The zero-order valence-electron chi connectivity index (χ0n) is 9.81. The van der Waals surface area contributed by atoms with E-state index in [-0.39, 0.29) is 25.7 Å². The van der Waals surface area contributed by atoms with Crippen LogP contribution in [-0.4, -0.2) is 44.6 Å². The van der Waals surface area contributed by atoms with Crippen LogP contribution < -0.4 is 0 Å². The van der Waals surface area contributed by atoms with Gasteiger partial charge in [-0.1, -0.05) is 0 Å². The summed E-state index contributed by atoms with van der Waals surface area (Å²) in [5.74, 6) is -4.12. The molecule has 2 atom stereocenters. The van der Waals surface area contributed by atoms with Crippen molar-refractivity contribution in [1.82, 2.24) is 0 Å².